The predicted molar refractivity (Wildman–Crippen MR) is 74.7 cm³/mol. The number of nitrogens with one attached hydrogen (secondary N) is 1. The first kappa shape index (κ1) is 12.5. The van der Waals surface area contributed by atoms with Crippen molar-refractivity contribution >= 4 is 17.3 Å². The zero-order chi connectivity index (χ0) is 13.0. The second-order valence-corrected chi connectivity index (χ2v) is 4.50. The highest BCUT2D eigenvalue weighted by molar-refractivity contribution is 6.31. The van der Waals surface area contributed by atoms with Gasteiger partial charge in [-0.25, -0.2) is 0 Å². The molecule has 0 spiro atoms. The molecule has 0 fully saturated rings. The maximum absolute atomic E-state index is 8.99. The molecule has 0 aromatic heterocycles. The summed E-state index contributed by atoms with van der Waals surface area (Å²) < 4.78 is 0. The molecule has 0 amide bonds. The number of rotatable bonds is 3. The van der Waals surface area contributed by atoms with Crippen LogP contribution in [0.5, 0.6) is 0 Å². The second-order valence-electron chi connectivity index (χ2n) is 4.09. The Balaban J connectivity index is 2.12. The fourth-order valence-corrected chi connectivity index (χ4v) is 1.88. The monoisotopic (exact) mass is 256 g/mol. The molecule has 0 bridgehead atoms. The minimum atomic E-state index is 0.649. The molecule has 0 heterocycles. The van der Waals surface area contributed by atoms with E-state index in [1.54, 1.807) is 6.07 Å². The Labute approximate surface area is 112 Å². The van der Waals surface area contributed by atoms with Gasteiger partial charge < -0.3 is 5.32 Å². The maximum atomic E-state index is 8.99. The average Bonchev–Trinajstić information content (AvgIpc) is 2.40. The molecule has 0 unspecified atom stereocenters. The number of aryl methyl sites for hydroxylation is 1. The van der Waals surface area contributed by atoms with Crippen LogP contribution in [-0.2, 0) is 6.54 Å². The fourth-order valence-electron chi connectivity index (χ4n) is 1.68. The predicted octanol–water partition coefficient (Wildman–Crippen LogP) is 4.13. The van der Waals surface area contributed by atoms with Gasteiger partial charge in [0.2, 0.25) is 0 Å². The van der Waals surface area contributed by atoms with Crippen molar-refractivity contribution in [3.05, 3.63) is 64.2 Å². The molecule has 18 heavy (non-hydrogen) atoms. The molecule has 2 nitrogen and oxygen atoms in total. The van der Waals surface area contributed by atoms with Gasteiger partial charge in [0.15, 0.2) is 0 Å². The largest absolute Gasteiger partial charge is 0.380 e. The SMILES string of the molecule is Cc1ccc(CNc2ccccc2C#N)cc1Cl. The first-order chi connectivity index (χ1) is 8.70. The Morgan fingerprint density at radius 1 is 1.22 bits per heavy atom. The lowest BCUT2D eigenvalue weighted by Gasteiger charge is -2.09. The number of nitriles is 1. The Morgan fingerprint density at radius 3 is 2.72 bits per heavy atom. The van der Waals surface area contributed by atoms with Crippen LogP contribution in [0.15, 0.2) is 42.5 Å². The molecule has 1 N–H and O–H groups in total. The Bertz CT molecular complexity index is 600. The van der Waals surface area contributed by atoms with Crippen LogP contribution >= 0.6 is 11.6 Å². The molecular weight excluding hydrogens is 244 g/mol. The first-order valence-corrected chi connectivity index (χ1v) is 6.06. The zero-order valence-electron chi connectivity index (χ0n) is 10.1. The molecule has 0 saturated heterocycles. The highest BCUT2D eigenvalue weighted by Crippen LogP contribution is 2.19. The van der Waals surface area contributed by atoms with E-state index < -0.39 is 0 Å². The van der Waals surface area contributed by atoms with Crippen molar-refractivity contribution in [2.45, 2.75) is 13.5 Å². The van der Waals surface area contributed by atoms with Gasteiger partial charge in [-0.05, 0) is 36.2 Å². The van der Waals surface area contributed by atoms with E-state index in [-0.39, 0.29) is 0 Å². The highest BCUT2D eigenvalue weighted by atomic mass is 35.5. The van der Waals surface area contributed by atoms with E-state index in [1.807, 2.05) is 43.3 Å². The van der Waals surface area contributed by atoms with Crippen molar-refractivity contribution in [2.24, 2.45) is 0 Å². The molecule has 2 rings (SSSR count). The zero-order valence-corrected chi connectivity index (χ0v) is 10.8. The van der Waals surface area contributed by atoms with Gasteiger partial charge in [-0.3, -0.25) is 0 Å². The molecule has 0 aliphatic heterocycles. The third-order valence-corrected chi connectivity index (χ3v) is 3.17. The number of halogens is 1. The van der Waals surface area contributed by atoms with Crippen LogP contribution < -0.4 is 5.32 Å². The minimum Gasteiger partial charge on any atom is -0.380 e. The number of para-hydroxylation sites is 1. The van der Waals surface area contributed by atoms with Crippen molar-refractivity contribution in [1.29, 1.82) is 5.26 Å². The number of anilines is 1. The third-order valence-electron chi connectivity index (χ3n) is 2.77. The second kappa shape index (κ2) is 5.57. The summed E-state index contributed by atoms with van der Waals surface area (Å²) in [4.78, 5) is 0. The summed E-state index contributed by atoms with van der Waals surface area (Å²) >= 11 is 6.07. The Kier molecular flexibility index (Phi) is 3.86. The van der Waals surface area contributed by atoms with Gasteiger partial charge in [0.05, 0.1) is 11.3 Å². The lowest BCUT2D eigenvalue weighted by molar-refractivity contribution is 1.14. The normalized spacial score (nSPS) is 9.83. The summed E-state index contributed by atoms with van der Waals surface area (Å²) in [7, 11) is 0. The van der Waals surface area contributed by atoms with Crippen molar-refractivity contribution in [1.82, 2.24) is 0 Å². The quantitative estimate of drug-likeness (QED) is 0.896. The Morgan fingerprint density at radius 2 is 2.00 bits per heavy atom. The minimum absolute atomic E-state index is 0.649. The fraction of sp³-hybridized carbons (Fsp3) is 0.133. The smallest absolute Gasteiger partial charge is 0.101 e. The molecule has 3 heteroatoms. The standard InChI is InChI=1S/C15H13ClN2/c1-11-6-7-12(8-14(11)16)10-18-15-5-3-2-4-13(15)9-17/h2-8,18H,10H2,1H3. The molecule has 90 valence electrons. The van der Waals surface area contributed by atoms with Gasteiger partial charge >= 0.3 is 0 Å². The average molecular weight is 257 g/mol. The summed E-state index contributed by atoms with van der Waals surface area (Å²) in [5, 5.41) is 13.0. The van der Waals surface area contributed by atoms with E-state index in [1.165, 1.54) is 0 Å². The van der Waals surface area contributed by atoms with Crippen LogP contribution in [0.3, 0.4) is 0 Å². The molecule has 0 saturated carbocycles. The van der Waals surface area contributed by atoms with E-state index in [2.05, 4.69) is 11.4 Å². The summed E-state index contributed by atoms with van der Waals surface area (Å²) in [6, 6.07) is 15.6. The number of hydrogen-bond acceptors (Lipinski definition) is 2. The van der Waals surface area contributed by atoms with Crippen LogP contribution in [-0.4, -0.2) is 0 Å². The highest BCUT2D eigenvalue weighted by Gasteiger charge is 2.01. The van der Waals surface area contributed by atoms with Crippen molar-refractivity contribution in [2.75, 3.05) is 5.32 Å². The molecule has 0 radical (unpaired) electrons. The van der Waals surface area contributed by atoms with Gasteiger partial charge in [-0.2, -0.15) is 5.26 Å². The van der Waals surface area contributed by atoms with Gasteiger partial charge in [0.1, 0.15) is 6.07 Å². The molecule has 0 aliphatic rings. The number of benzene rings is 2. The summed E-state index contributed by atoms with van der Waals surface area (Å²) in [5.74, 6) is 0. The summed E-state index contributed by atoms with van der Waals surface area (Å²) in [6.07, 6.45) is 0. The van der Waals surface area contributed by atoms with Gasteiger partial charge in [-0.1, -0.05) is 35.9 Å². The van der Waals surface area contributed by atoms with E-state index in [0.717, 1.165) is 21.8 Å². The molecular formula is C15H13ClN2. The van der Waals surface area contributed by atoms with E-state index in [0.29, 0.717) is 12.1 Å². The van der Waals surface area contributed by atoms with E-state index >= 15 is 0 Å². The molecule has 0 atom stereocenters. The third kappa shape index (κ3) is 2.82. The first-order valence-electron chi connectivity index (χ1n) is 5.69. The van der Waals surface area contributed by atoms with Gasteiger partial charge in [-0.15, -0.1) is 0 Å². The van der Waals surface area contributed by atoms with Crippen LogP contribution in [0.1, 0.15) is 16.7 Å². The lowest BCUT2D eigenvalue weighted by Crippen LogP contribution is -2.01. The number of hydrogen-bond donors (Lipinski definition) is 1. The van der Waals surface area contributed by atoms with E-state index in [9.17, 15) is 0 Å². The van der Waals surface area contributed by atoms with E-state index in [4.69, 9.17) is 16.9 Å². The van der Waals surface area contributed by atoms with Crippen LogP contribution in [0.2, 0.25) is 5.02 Å². The molecule has 2 aromatic rings. The number of nitrogens with zero attached hydrogens (tertiary/aromatic N) is 1. The summed E-state index contributed by atoms with van der Waals surface area (Å²) in [6.45, 7) is 2.63. The van der Waals surface area contributed by atoms with Gasteiger partial charge in [0.25, 0.3) is 0 Å². The van der Waals surface area contributed by atoms with Crippen LogP contribution in [0.4, 0.5) is 5.69 Å². The molecule has 2 aromatic carbocycles. The van der Waals surface area contributed by atoms with Gasteiger partial charge in [0, 0.05) is 11.6 Å². The van der Waals surface area contributed by atoms with Crippen molar-refractivity contribution in [3.8, 4) is 6.07 Å². The topological polar surface area (TPSA) is 35.8 Å². The maximum Gasteiger partial charge on any atom is 0.101 e. The van der Waals surface area contributed by atoms with Crippen LogP contribution in [0, 0.1) is 18.3 Å². The Hall–Kier alpha value is -1.98. The molecule has 0 aliphatic carbocycles. The van der Waals surface area contributed by atoms with Crippen LogP contribution in [0.25, 0.3) is 0 Å². The van der Waals surface area contributed by atoms with Crippen molar-refractivity contribution in [3.63, 3.8) is 0 Å². The summed E-state index contributed by atoms with van der Waals surface area (Å²) in [5.41, 5.74) is 3.66. The van der Waals surface area contributed by atoms with Crippen molar-refractivity contribution < 1.29 is 0 Å². The lowest BCUT2D eigenvalue weighted by atomic mass is 10.1.